The van der Waals surface area contributed by atoms with Gasteiger partial charge in [-0.1, -0.05) is 36.4 Å². The van der Waals surface area contributed by atoms with E-state index in [1.54, 1.807) is 24.3 Å². The number of anilines is 4. The monoisotopic (exact) mass is 346 g/mol. The number of para-hydroxylation sites is 2. The molecule has 0 spiro atoms. The highest BCUT2D eigenvalue weighted by Gasteiger charge is 2.11. The fraction of sp³-hybridized carbons (Fsp3) is 0.182. The Hall–Kier alpha value is -2.82. The molecule has 0 bridgehead atoms. The number of hydrogen-bond donors (Lipinski definition) is 0. The molecular weight excluding hydrogens is 324 g/mol. The molecule has 0 N–H and O–H groups in total. The number of hydrogen-bond acceptors (Lipinski definition) is 4. The van der Waals surface area contributed by atoms with Gasteiger partial charge in [-0.05, 0) is 74.2 Å². The van der Waals surface area contributed by atoms with Crippen molar-refractivity contribution in [1.82, 2.24) is 0 Å². The van der Waals surface area contributed by atoms with E-state index in [0.717, 1.165) is 32.4 Å². The van der Waals surface area contributed by atoms with Crippen LogP contribution in [0.25, 0.3) is 0 Å². The van der Waals surface area contributed by atoms with Crippen LogP contribution in [0, 0.1) is 38.1 Å². The maximum atomic E-state index is 12.9. The number of aryl methyl sites for hydroxylation is 4. The van der Waals surface area contributed by atoms with Crippen molar-refractivity contribution in [2.24, 2.45) is 0 Å². The van der Waals surface area contributed by atoms with Crippen molar-refractivity contribution < 1.29 is 0 Å². The lowest BCUT2D eigenvalue weighted by Gasteiger charge is -2.37. The first-order chi connectivity index (χ1) is 12.4. The highest BCUT2D eigenvalue weighted by molar-refractivity contribution is 5.77. The zero-order chi connectivity index (χ0) is 18.8. The van der Waals surface area contributed by atoms with Gasteiger partial charge in [0.25, 0.3) is 0 Å². The maximum absolute atomic E-state index is 12.9. The third-order valence-electron chi connectivity index (χ3n) is 4.62. The minimum absolute atomic E-state index is 0.554. The zero-order valence-electron chi connectivity index (χ0n) is 15.5. The molecule has 26 heavy (non-hydrogen) atoms. The fourth-order valence-electron chi connectivity index (χ4n) is 3.07. The van der Waals surface area contributed by atoms with E-state index in [1.165, 1.54) is 0 Å². The number of benzene rings is 3. The molecule has 134 valence electrons. The summed E-state index contributed by atoms with van der Waals surface area (Å²) in [6, 6.07) is 18.5. The lowest BCUT2D eigenvalue weighted by molar-refractivity contribution is 1.19. The lowest BCUT2D eigenvalue weighted by atomic mass is 10.1. The van der Waals surface area contributed by atoms with Crippen LogP contribution in [0.2, 0.25) is 0 Å². The Morgan fingerprint density at radius 2 is 0.846 bits per heavy atom. The van der Waals surface area contributed by atoms with Gasteiger partial charge in [-0.15, -0.1) is 0 Å². The molecule has 3 rings (SSSR count). The van der Waals surface area contributed by atoms with Crippen LogP contribution in [0.15, 0.2) is 60.7 Å². The molecule has 0 aliphatic rings. The minimum atomic E-state index is 0.554. The molecule has 0 aliphatic heterocycles. The normalized spacial score (nSPS) is 10.7. The van der Waals surface area contributed by atoms with Crippen molar-refractivity contribution in [3.05, 3.63) is 93.3 Å². The number of nitrogens with zero attached hydrogens (tertiary/aromatic N) is 2. The Labute approximate surface area is 154 Å². The Bertz CT molecular complexity index is 860. The molecule has 0 saturated heterocycles. The Morgan fingerprint density at radius 3 is 1.19 bits per heavy atom. The SMILES string of the molecule is Cc1ccccc1N([O-])c1cc(C)c(N([O-])c2ccccc2C)cc1C. The van der Waals surface area contributed by atoms with Gasteiger partial charge in [0.05, 0.1) is 0 Å². The molecular formula is C22H22N2O2-2. The van der Waals surface area contributed by atoms with Crippen molar-refractivity contribution in [3.8, 4) is 0 Å². The summed E-state index contributed by atoms with van der Waals surface area (Å²) in [5, 5.41) is 27.6. The highest BCUT2D eigenvalue weighted by atomic mass is 16.5. The van der Waals surface area contributed by atoms with Crippen molar-refractivity contribution in [2.45, 2.75) is 27.7 Å². The second-order valence-corrected chi connectivity index (χ2v) is 6.59. The summed E-state index contributed by atoms with van der Waals surface area (Å²) in [5.41, 5.74) is 5.68. The topological polar surface area (TPSA) is 52.6 Å². The van der Waals surface area contributed by atoms with Gasteiger partial charge < -0.3 is 20.5 Å². The molecule has 0 unspecified atom stereocenters. The van der Waals surface area contributed by atoms with E-state index in [2.05, 4.69) is 0 Å². The first-order valence-electron chi connectivity index (χ1n) is 8.57. The molecule has 0 aliphatic carbocycles. The van der Waals surface area contributed by atoms with E-state index in [1.807, 2.05) is 64.1 Å². The average molecular weight is 346 g/mol. The molecule has 0 saturated carbocycles. The molecule has 4 heteroatoms. The van der Waals surface area contributed by atoms with E-state index >= 15 is 0 Å². The van der Waals surface area contributed by atoms with Crippen LogP contribution in [0.1, 0.15) is 22.3 Å². The average Bonchev–Trinajstić information content (AvgIpc) is 2.63. The van der Waals surface area contributed by atoms with Crippen LogP contribution in [-0.4, -0.2) is 0 Å². The summed E-state index contributed by atoms with van der Waals surface area (Å²) < 4.78 is 0. The van der Waals surface area contributed by atoms with Crippen LogP contribution in [0.3, 0.4) is 0 Å². The second kappa shape index (κ2) is 7.20. The van der Waals surface area contributed by atoms with E-state index in [9.17, 15) is 10.4 Å². The Balaban J connectivity index is 2.02. The van der Waals surface area contributed by atoms with Gasteiger partial charge in [-0.25, -0.2) is 0 Å². The molecule has 0 atom stereocenters. The minimum Gasteiger partial charge on any atom is -0.754 e. The van der Waals surface area contributed by atoms with Crippen LogP contribution >= 0.6 is 0 Å². The molecule has 0 aromatic heterocycles. The summed E-state index contributed by atoms with van der Waals surface area (Å²) in [5.74, 6) is 0. The standard InChI is InChI=1S/C22H22N2O2/c1-15-9-5-7-11-19(15)23(25)21-13-18(4)22(14-17(21)3)24(26)20-12-8-6-10-16(20)2/h5-14H,1-4H3/q-2. The Morgan fingerprint density at radius 1 is 0.500 bits per heavy atom. The van der Waals surface area contributed by atoms with Crippen molar-refractivity contribution in [3.63, 3.8) is 0 Å². The third-order valence-corrected chi connectivity index (χ3v) is 4.62. The summed E-state index contributed by atoms with van der Waals surface area (Å²) in [6.07, 6.45) is 0. The first kappa shape index (κ1) is 18.0. The third kappa shape index (κ3) is 3.29. The molecule has 3 aromatic rings. The van der Waals surface area contributed by atoms with Crippen molar-refractivity contribution in [2.75, 3.05) is 10.1 Å². The quantitative estimate of drug-likeness (QED) is 0.528. The van der Waals surface area contributed by atoms with E-state index in [-0.39, 0.29) is 0 Å². The van der Waals surface area contributed by atoms with Crippen molar-refractivity contribution >= 4 is 22.7 Å². The zero-order valence-corrected chi connectivity index (χ0v) is 15.5. The molecule has 0 radical (unpaired) electrons. The maximum Gasteiger partial charge on any atom is 0.0337 e. The molecule has 0 fully saturated rings. The second-order valence-electron chi connectivity index (χ2n) is 6.59. The molecule has 4 nitrogen and oxygen atoms in total. The first-order valence-corrected chi connectivity index (χ1v) is 8.57. The van der Waals surface area contributed by atoms with Crippen LogP contribution < -0.4 is 10.1 Å². The highest BCUT2D eigenvalue weighted by Crippen LogP contribution is 2.36. The van der Waals surface area contributed by atoms with E-state index in [4.69, 9.17) is 0 Å². The van der Waals surface area contributed by atoms with Gasteiger partial charge >= 0.3 is 0 Å². The van der Waals surface area contributed by atoms with E-state index < -0.39 is 0 Å². The van der Waals surface area contributed by atoms with Gasteiger partial charge in [-0.3, -0.25) is 0 Å². The van der Waals surface area contributed by atoms with E-state index in [0.29, 0.717) is 22.7 Å². The number of rotatable bonds is 4. The van der Waals surface area contributed by atoms with Crippen LogP contribution in [0.5, 0.6) is 0 Å². The van der Waals surface area contributed by atoms with Crippen LogP contribution in [-0.2, 0) is 0 Å². The largest absolute Gasteiger partial charge is 0.754 e. The van der Waals surface area contributed by atoms with Gasteiger partial charge in [0, 0.05) is 22.7 Å². The summed E-state index contributed by atoms with van der Waals surface area (Å²) >= 11 is 0. The predicted octanol–water partition coefficient (Wildman–Crippen LogP) is 6.19. The van der Waals surface area contributed by atoms with Gasteiger partial charge in [0.15, 0.2) is 0 Å². The molecule has 0 amide bonds. The fourth-order valence-corrected chi connectivity index (χ4v) is 3.07. The molecule has 0 heterocycles. The van der Waals surface area contributed by atoms with Gasteiger partial charge in [-0.2, -0.15) is 0 Å². The lowest BCUT2D eigenvalue weighted by Crippen LogP contribution is -2.13. The van der Waals surface area contributed by atoms with Gasteiger partial charge in [0.2, 0.25) is 0 Å². The Kier molecular flexibility index (Phi) is 4.98. The molecule has 3 aromatic carbocycles. The summed E-state index contributed by atoms with van der Waals surface area (Å²) in [4.78, 5) is 0. The van der Waals surface area contributed by atoms with Crippen LogP contribution in [0.4, 0.5) is 22.7 Å². The summed E-state index contributed by atoms with van der Waals surface area (Å²) in [6.45, 7) is 7.53. The smallest absolute Gasteiger partial charge is 0.0337 e. The summed E-state index contributed by atoms with van der Waals surface area (Å²) in [7, 11) is 0. The predicted molar refractivity (Wildman–Crippen MR) is 109 cm³/mol. The van der Waals surface area contributed by atoms with Gasteiger partial charge in [0.1, 0.15) is 0 Å². The van der Waals surface area contributed by atoms with Crippen molar-refractivity contribution in [1.29, 1.82) is 0 Å².